The minimum Gasteiger partial charge on any atom is -0.355 e. The number of piperazine rings is 1. The van der Waals surface area contributed by atoms with E-state index in [1.807, 2.05) is 41.4 Å². The van der Waals surface area contributed by atoms with Crippen LogP contribution in [-0.4, -0.2) is 58.6 Å². The largest absolute Gasteiger partial charge is 0.355 e. The number of hydrogen-bond acceptors (Lipinski definition) is 5. The fraction of sp³-hybridized carbons (Fsp3) is 0.286. The normalized spacial score (nSPS) is 15.0. The fourth-order valence-electron chi connectivity index (χ4n) is 3.28. The van der Waals surface area contributed by atoms with Crippen molar-refractivity contribution in [3.63, 3.8) is 0 Å². The Morgan fingerprint density at radius 3 is 2.57 bits per heavy atom. The quantitative estimate of drug-likeness (QED) is 0.661. The van der Waals surface area contributed by atoms with Crippen LogP contribution in [0.2, 0.25) is 5.02 Å². The Labute approximate surface area is 168 Å². The Morgan fingerprint density at radius 1 is 1.07 bits per heavy atom. The number of aromatic nitrogens is 2. The molecule has 6 nitrogen and oxygen atoms in total. The van der Waals surface area contributed by atoms with Gasteiger partial charge in [-0.25, -0.2) is 0 Å². The van der Waals surface area contributed by atoms with Crippen LogP contribution in [0, 0.1) is 0 Å². The maximum atomic E-state index is 12.7. The van der Waals surface area contributed by atoms with Gasteiger partial charge in [0.05, 0.1) is 0 Å². The molecule has 4 rings (SSSR count). The van der Waals surface area contributed by atoms with E-state index in [-0.39, 0.29) is 5.91 Å². The molecule has 2 aromatic heterocycles. The number of halogens is 1. The van der Waals surface area contributed by atoms with E-state index >= 15 is 0 Å². The standard InChI is InChI=1S/C21H21ClN4O2/c22-17-6-4-16(5-7-17)20-15-19(24-28-20)21(27)26-13-11-25(12-14-26)10-8-18-3-1-2-9-23-18/h1-7,9,15H,8,10-14H2. The van der Waals surface area contributed by atoms with Crippen LogP contribution in [0.25, 0.3) is 11.3 Å². The van der Waals surface area contributed by atoms with Crippen LogP contribution in [0.1, 0.15) is 16.2 Å². The Hall–Kier alpha value is -2.70. The molecule has 0 atom stereocenters. The van der Waals surface area contributed by atoms with Gasteiger partial charge in [-0.3, -0.25) is 14.7 Å². The van der Waals surface area contributed by atoms with Crippen LogP contribution < -0.4 is 0 Å². The number of carbonyl (C=O) groups is 1. The van der Waals surface area contributed by atoms with Gasteiger partial charge in [0.2, 0.25) is 0 Å². The highest BCUT2D eigenvalue weighted by molar-refractivity contribution is 6.30. The van der Waals surface area contributed by atoms with E-state index in [0.717, 1.165) is 37.3 Å². The number of benzene rings is 1. The maximum absolute atomic E-state index is 12.7. The first kappa shape index (κ1) is 18.7. The van der Waals surface area contributed by atoms with Crippen LogP contribution in [0.15, 0.2) is 59.3 Å². The third-order valence-electron chi connectivity index (χ3n) is 4.93. The molecule has 1 aliphatic heterocycles. The van der Waals surface area contributed by atoms with E-state index in [9.17, 15) is 4.79 Å². The van der Waals surface area contributed by atoms with Crippen molar-refractivity contribution >= 4 is 17.5 Å². The second kappa shape index (κ2) is 8.54. The predicted octanol–water partition coefficient (Wildman–Crippen LogP) is 3.39. The summed E-state index contributed by atoms with van der Waals surface area (Å²) in [5.41, 5.74) is 2.28. The van der Waals surface area contributed by atoms with Gasteiger partial charge in [0.25, 0.3) is 5.91 Å². The lowest BCUT2D eigenvalue weighted by Crippen LogP contribution is -2.49. The Kier molecular flexibility index (Phi) is 5.69. The molecule has 0 spiro atoms. The Bertz CT molecular complexity index is 919. The third kappa shape index (κ3) is 4.40. The first-order valence-electron chi connectivity index (χ1n) is 9.33. The van der Waals surface area contributed by atoms with Crippen molar-refractivity contribution in [2.75, 3.05) is 32.7 Å². The zero-order valence-corrected chi connectivity index (χ0v) is 16.2. The monoisotopic (exact) mass is 396 g/mol. The van der Waals surface area contributed by atoms with Gasteiger partial charge in [-0.15, -0.1) is 0 Å². The molecule has 1 aromatic carbocycles. The van der Waals surface area contributed by atoms with Crippen molar-refractivity contribution in [2.24, 2.45) is 0 Å². The zero-order chi connectivity index (χ0) is 19.3. The molecule has 0 bridgehead atoms. The summed E-state index contributed by atoms with van der Waals surface area (Å²) in [6.45, 7) is 4.01. The zero-order valence-electron chi connectivity index (χ0n) is 15.4. The average Bonchev–Trinajstić information content (AvgIpc) is 3.24. The van der Waals surface area contributed by atoms with Gasteiger partial charge >= 0.3 is 0 Å². The van der Waals surface area contributed by atoms with Gasteiger partial charge in [0.1, 0.15) is 0 Å². The van der Waals surface area contributed by atoms with Crippen LogP contribution in [-0.2, 0) is 6.42 Å². The Balaban J connectivity index is 1.31. The highest BCUT2D eigenvalue weighted by atomic mass is 35.5. The molecule has 0 saturated carbocycles. The second-order valence-electron chi connectivity index (χ2n) is 6.79. The summed E-state index contributed by atoms with van der Waals surface area (Å²) < 4.78 is 5.35. The van der Waals surface area contributed by atoms with E-state index in [1.54, 1.807) is 18.2 Å². The topological polar surface area (TPSA) is 62.5 Å². The molecular formula is C21H21ClN4O2. The lowest BCUT2D eigenvalue weighted by Gasteiger charge is -2.34. The highest BCUT2D eigenvalue weighted by Gasteiger charge is 2.24. The van der Waals surface area contributed by atoms with E-state index in [1.165, 1.54) is 0 Å². The van der Waals surface area contributed by atoms with Gasteiger partial charge in [-0.2, -0.15) is 0 Å². The molecule has 1 aliphatic rings. The van der Waals surface area contributed by atoms with E-state index < -0.39 is 0 Å². The van der Waals surface area contributed by atoms with E-state index in [2.05, 4.69) is 15.0 Å². The van der Waals surface area contributed by atoms with Crippen LogP contribution in [0.5, 0.6) is 0 Å². The molecule has 1 amide bonds. The molecule has 1 saturated heterocycles. The molecule has 1 fully saturated rings. The third-order valence-corrected chi connectivity index (χ3v) is 5.18. The number of hydrogen-bond donors (Lipinski definition) is 0. The SMILES string of the molecule is O=C(c1cc(-c2ccc(Cl)cc2)on1)N1CCN(CCc2ccccn2)CC1. The molecule has 7 heteroatoms. The maximum Gasteiger partial charge on any atom is 0.276 e. The van der Waals surface area contributed by atoms with E-state index in [0.29, 0.717) is 29.6 Å². The molecule has 3 aromatic rings. The van der Waals surface area contributed by atoms with Crippen LogP contribution >= 0.6 is 11.6 Å². The number of pyridine rings is 1. The van der Waals surface area contributed by atoms with Crippen molar-refractivity contribution in [2.45, 2.75) is 6.42 Å². The summed E-state index contributed by atoms with van der Waals surface area (Å²) in [5, 5.41) is 4.62. The summed E-state index contributed by atoms with van der Waals surface area (Å²) in [7, 11) is 0. The van der Waals surface area contributed by atoms with Crippen molar-refractivity contribution in [1.82, 2.24) is 19.9 Å². The number of rotatable bonds is 5. The minimum absolute atomic E-state index is 0.0895. The molecule has 0 aliphatic carbocycles. The summed E-state index contributed by atoms with van der Waals surface area (Å²) in [5.74, 6) is 0.474. The molecule has 28 heavy (non-hydrogen) atoms. The summed E-state index contributed by atoms with van der Waals surface area (Å²) >= 11 is 5.91. The minimum atomic E-state index is -0.0895. The lowest BCUT2D eigenvalue weighted by atomic mass is 10.1. The lowest BCUT2D eigenvalue weighted by molar-refractivity contribution is 0.0628. The van der Waals surface area contributed by atoms with Gasteiger partial charge in [0.15, 0.2) is 11.5 Å². The summed E-state index contributed by atoms with van der Waals surface area (Å²) in [4.78, 5) is 21.3. The Morgan fingerprint density at radius 2 is 1.86 bits per heavy atom. The first-order chi connectivity index (χ1) is 13.7. The van der Waals surface area contributed by atoms with Crippen molar-refractivity contribution in [3.05, 3.63) is 71.1 Å². The van der Waals surface area contributed by atoms with Crippen molar-refractivity contribution in [3.8, 4) is 11.3 Å². The molecule has 0 radical (unpaired) electrons. The molecule has 3 heterocycles. The number of amides is 1. The van der Waals surface area contributed by atoms with Gasteiger partial charge in [-0.05, 0) is 36.4 Å². The van der Waals surface area contributed by atoms with Crippen molar-refractivity contribution < 1.29 is 9.32 Å². The second-order valence-corrected chi connectivity index (χ2v) is 7.22. The highest BCUT2D eigenvalue weighted by Crippen LogP contribution is 2.23. The van der Waals surface area contributed by atoms with Crippen molar-refractivity contribution in [1.29, 1.82) is 0 Å². The van der Waals surface area contributed by atoms with Gasteiger partial charge in [0, 0.05) is 67.7 Å². The number of carbonyl (C=O) groups excluding carboxylic acids is 1. The fourth-order valence-corrected chi connectivity index (χ4v) is 3.41. The smallest absolute Gasteiger partial charge is 0.276 e. The number of nitrogens with zero attached hydrogens (tertiary/aromatic N) is 4. The van der Waals surface area contributed by atoms with Crippen LogP contribution in [0.3, 0.4) is 0 Å². The predicted molar refractivity (Wildman–Crippen MR) is 107 cm³/mol. The van der Waals surface area contributed by atoms with Crippen LogP contribution in [0.4, 0.5) is 0 Å². The molecule has 0 N–H and O–H groups in total. The van der Waals surface area contributed by atoms with Gasteiger partial charge < -0.3 is 9.42 Å². The summed E-state index contributed by atoms with van der Waals surface area (Å²) in [6, 6.07) is 14.9. The molecular weight excluding hydrogens is 376 g/mol. The average molecular weight is 397 g/mol. The summed E-state index contributed by atoms with van der Waals surface area (Å²) in [6.07, 6.45) is 2.74. The molecule has 0 unspecified atom stereocenters. The van der Waals surface area contributed by atoms with Gasteiger partial charge in [-0.1, -0.05) is 22.8 Å². The first-order valence-corrected chi connectivity index (χ1v) is 9.71. The van der Waals surface area contributed by atoms with E-state index in [4.69, 9.17) is 16.1 Å². The molecule has 144 valence electrons.